The molecule has 0 spiro atoms. The molecule has 2 N–H and O–H groups in total. The van der Waals surface area contributed by atoms with Crippen LogP contribution in [0.2, 0.25) is 15.1 Å². The molecule has 2 aromatic carbocycles. The summed E-state index contributed by atoms with van der Waals surface area (Å²) in [5, 5.41) is 2.72. The van der Waals surface area contributed by atoms with Gasteiger partial charge in [0.15, 0.2) is 17.3 Å². The van der Waals surface area contributed by atoms with Crippen molar-refractivity contribution in [2.45, 2.75) is 4.90 Å². The van der Waals surface area contributed by atoms with Crippen molar-refractivity contribution in [3.8, 4) is 5.82 Å². The summed E-state index contributed by atoms with van der Waals surface area (Å²) in [6.45, 7) is 0. The average Bonchev–Trinajstić information content (AvgIpc) is 3.39. The Morgan fingerprint density at radius 2 is 1.68 bits per heavy atom. The van der Waals surface area contributed by atoms with Crippen molar-refractivity contribution in [3.05, 3.63) is 94.1 Å². The maximum Gasteiger partial charge on any atom is 0.263 e. The van der Waals surface area contributed by atoms with Gasteiger partial charge in [0.05, 0.1) is 26.3 Å². The summed E-state index contributed by atoms with van der Waals surface area (Å²) in [7, 11) is -4.40. The molecule has 4 aromatic heterocycles. The van der Waals surface area contributed by atoms with Crippen molar-refractivity contribution in [2.75, 3.05) is 10.0 Å². The molecule has 0 fully saturated rings. The number of hydrogen-bond donors (Lipinski definition) is 2. The monoisotopic (exact) mass is 632 g/mol. The van der Waals surface area contributed by atoms with Crippen LogP contribution in [0, 0.1) is 11.6 Å². The third kappa shape index (κ3) is 4.86. The van der Waals surface area contributed by atoms with E-state index < -0.39 is 33.0 Å². The van der Waals surface area contributed by atoms with Crippen LogP contribution in [0.1, 0.15) is 0 Å². The molecule has 41 heavy (non-hydrogen) atoms. The van der Waals surface area contributed by atoms with E-state index in [1.807, 2.05) is 0 Å². The molecule has 0 bridgehead atoms. The number of sulfonamides is 1. The zero-order valence-corrected chi connectivity index (χ0v) is 23.2. The first-order chi connectivity index (χ1) is 19.6. The molecule has 16 heteroatoms. The van der Waals surface area contributed by atoms with E-state index in [4.69, 9.17) is 34.8 Å². The van der Waals surface area contributed by atoms with Crippen LogP contribution in [0.4, 0.5) is 26.0 Å². The highest BCUT2D eigenvalue weighted by atomic mass is 35.5. The van der Waals surface area contributed by atoms with Crippen molar-refractivity contribution in [1.82, 2.24) is 29.5 Å². The number of rotatable bonds is 6. The third-order valence-corrected chi connectivity index (χ3v) is 8.53. The topological polar surface area (TPSA) is 128 Å². The van der Waals surface area contributed by atoms with Gasteiger partial charge in [-0.2, -0.15) is 0 Å². The summed E-state index contributed by atoms with van der Waals surface area (Å²) < 4.78 is 60.0. The minimum atomic E-state index is -4.40. The number of benzene rings is 2. The fourth-order valence-corrected chi connectivity index (χ4v) is 5.98. The van der Waals surface area contributed by atoms with Crippen LogP contribution in [-0.2, 0) is 10.0 Å². The van der Waals surface area contributed by atoms with E-state index in [-0.39, 0.29) is 26.3 Å². The number of fused-ring (bicyclic) bond motifs is 2. The lowest BCUT2D eigenvalue weighted by molar-refractivity contribution is 0.588. The first-order valence-corrected chi connectivity index (χ1v) is 14.1. The third-order valence-electron chi connectivity index (χ3n) is 5.88. The summed E-state index contributed by atoms with van der Waals surface area (Å²) in [5.41, 5.74) is 0.175. The normalized spacial score (nSPS) is 11.7. The molecule has 0 unspecified atom stereocenters. The predicted molar refractivity (Wildman–Crippen MR) is 152 cm³/mol. The van der Waals surface area contributed by atoms with Gasteiger partial charge in [-0.15, -0.1) is 0 Å². The summed E-state index contributed by atoms with van der Waals surface area (Å²) in [5.74, 6) is -1.96. The molecule has 0 saturated carbocycles. The van der Waals surface area contributed by atoms with Gasteiger partial charge in [0.2, 0.25) is 0 Å². The molecular formula is C25H13Cl3F2N8O2S. The molecule has 206 valence electrons. The van der Waals surface area contributed by atoms with Gasteiger partial charge >= 0.3 is 0 Å². The number of aromatic nitrogens is 6. The van der Waals surface area contributed by atoms with E-state index in [1.54, 1.807) is 22.8 Å². The standard InChI is InChI=1S/C25H13Cl3F2N8O2S/c26-12-2-1-3-17(19(12)28)41(39,40)37-15-5-4-14(29)22(20(15)30)36-24-23-16(32-10-33-24)6-7-18(35-23)38-11-34-21-13(27)8-9-31-25(21)38/h1-11,37H,(H,32,33,36). The lowest BCUT2D eigenvalue weighted by atomic mass is 10.2. The molecule has 0 amide bonds. The second-order valence-electron chi connectivity index (χ2n) is 8.41. The van der Waals surface area contributed by atoms with Gasteiger partial charge in [-0.3, -0.25) is 9.29 Å². The van der Waals surface area contributed by atoms with Gasteiger partial charge in [-0.25, -0.2) is 42.1 Å². The molecule has 4 heterocycles. The van der Waals surface area contributed by atoms with Crippen LogP contribution in [0.3, 0.4) is 0 Å². The highest BCUT2D eigenvalue weighted by molar-refractivity contribution is 7.92. The second-order valence-corrected chi connectivity index (χ2v) is 11.2. The van der Waals surface area contributed by atoms with Crippen molar-refractivity contribution in [2.24, 2.45) is 0 Å². The number of anilines is 3. The van der Waals surface area contributed by atoms with E-state index >= 15 is 4.39 Å². The molecule has 0 atom stereocenters. The Labute approximate surface area is 245 Å². The molecule has 0 aliphatic rings. The largest absolute Gasteiger partial charge is 0.333 e. The predicted octanol–water partition coefficient (Wildman–Crippen LogP) is 6.54. The van der Waals surface area contributed by atoms with Gasteiger partial charge in [0, 0.05) is 6.20 Å². The van der Waals surface area contributed by atoms with Crippen molar-refractivity contribution in [3.63, 3.8) is 0 Å². The van der Waals surface area contributed by atoms with Crippen LogP contribution in [-0.4, -0.2) is 37.9 Å². The smallest absolute Gasteiger partial charge is 0.263 e. The van der Waals surface area contributed by atoms with Crippen molar-refractivity contribution < 1.29 is 17.2 Å². The average molecular weight is 634 g/mol. The summed E-state index contributed by atoms with van der Waals surface area (Å²) in [6, 6.07) is 10.7. The molecule has 10 nitrogen and oxygen atoms in total. The number of hydrogen-bond acceptors (Lipinski definition) is 8. The summed E-state index contributed by atoms with van der Waals surface area (Å²) in [4.78, 5) is 21.0. The zero-order chi connectivity index (χ0) is 28.9. The Bertz CT molecular complexity index is 2110. The maximum atomic E-state index is 15.6. The van der Waals surface area contributed by atoms with Crippen LogP contribution in [0.5, 0.6) is 0 Å². The second kappa shape index (κ2) is 10.3. The van der Waals surface area contributed by atoms with Crippen molar-refractivity contribution in [1.29, 1.82) is 0 Å². The van der Waals surface area contributed by atoms with Gasteiger partial charge in [0.25, 0.3) is 10.0 Å². The van der Waals surface area contributed by atoms with E-state index in [0.717, 1.165) is 12.1 Å². The first-order valence-electron chi connectivity index (χ1n) is 11.5. The lowest BCUT2D eigenvalue weighted by Crippen LogP contribution is -2.15. The minimum Gasteiger partial charge on any atom is -0.333 e. The van der Waals surface area contributed by atoms with Gasteiger partial charge < -0.3 is 5.32 Å². The Kier molecular flexibility index (Phi) is 6.82. The number of nitrogens with zero attached hydrogens (tertiary/aromatic N) is 6. The summed E-state index contributed by atoms with van der Waals surface area (Å²) >= 11 is 18.2. The number of nitrogens with one attached hydrogen (secondary N) is 2. The van der Waals surface area contributed by atoms with Crippen LogP contribution >= 0.6 is 34.8 Å². The number of imidazole rings is 1. The maximum absolute atomic E-state index is 15.6. The molecule has 0 aliphatic heterocycles. The molecule has 0 saturated heterocycles. The highest BCUT2D eigenvalue weighted by Crippen LogP contribution is 2.34. The van der Waals surface area contributed by atoms with Gasteiger partial charge in [0.1, 0.15) is 45.9 Å². The van der Waals surface area contributed by atoms with Gasteiger partial charge in [-0.1, -0.05) is 40.9 Å². The highest BCUT2D eigenvalue weighted by Gasteiger charge is 2.24. The Hall–Kier alpha value is -4.17. The SMILES string of the molecule is O=S(=O)(Nc1ccc(F)c(Nc2ncnc3ccc(-n4cnc5c(Cl)ccnc54)nc23)c1F)c1cccc(Cl)c1Cl. The molecule has 0 aliphatic carbocycles. The quantitative estimate of drug-likeness (QED) is 0.212. The van der Waals surface area contributed by atoms with Crippen LogP contribution < -0.4 is 10.0 Å². The fourth-order valence-electron chi connectivity index (χ4n) is 3.96. The lowest BCUT2D eigenvalue weighted by Gasteiger charge is -2.15. The molecule has 6 rings (SSSR count). The van der Waals surface area contributed by atoms with Crippen molar-refractivity contribution >= 4 is 84.2 Å². The Morgan fingerprint density at radius 1 is 0.854 bits per heavy atom. The van der Waals surface area contributed by atoms with E-state index in [0.29, 0.717) is 27.5 Å². The summed E-state index contributed by atoms with van der Waals surface area (Å²) in [6.07, 6.45) is 4.19. The first kappa shape index (κ1) is 27.0. The van der Waals surface area contributed by atoms with E-state index in [2.05, 4.69) is 35.0 Å². The van der Waals surface area contributed by atoms with Gasteiger partial charge in [-0.05, 0) is 42.5 Å². The van der Waals surface area contributed by atoms with Crippen LogP contribution in [0.15, 0.2) is 72.3 Å². The molecule has 6 aromatic rings. The zero-order valence-electron chi connectivity index (χ0n) is 20.1. The minimum absolute atomic E-state index is 0.0125. The Balaban J connectivity index is 1.40. The number of pyridine rings is 2. The number of halogens is 5. The fraction of sp³-hybridized carbons (Fsp3) is 0. The molecule has 0 radical (unpaired) electrons. The molecular weight excluding hydrogens is 621 g/mol. The van der Waals surface area contributed by atoms with E-state index in [1.165, 1.54) is 37.1 Å². The Morgan fingerprint density at radius 3 is 2.51 bits per heavy atom. The van der Waals surface area contributed by atoms with Crippen LogP contribution in [0.25, 0.3) is 28.0 Å². The van der Waals surface area contributed by atoms with E-state index in [9.17, 15) is 12.8 Å².